The summed E-state index contributed by atoms with van der Waals surface area (Å²) in [6, 6.07) is 12.9. The highest BCUT2D eigenvalue weighted by Crippen LogP contribution is 2.21. The molecule has 156 valence electrons. The minimum absolute atomic E-state index is 0.0182. The number of carbonyl (C=O) groups is 2. The third-order valence-electron chi connectivity index (χ3n) is 3.92. The summed E-state index contributed by atoms with van der Waals surface area (Å²) in [5.74, 6) is -1.83. The zero-order valence-electron chi connectivity index (χ0n) is 15.3. The van der Waals surface area contributed by atoms with Crippen molar-refractivity contribution < 1.29 is 23.1 Å². The lowest BCUT2D eigenvalue weighted by Gasteiger charge is -2.10. The van der Waals surface area contributed by atoms with Crippen LogP contribution in [-0.2, 0) is 16.6 Å². The number of halogens is 1. The van der Waals surface area contributed by atoms with E-state index in [1.54, 1.807) is 6.07 Å². The van der Waals surface area contributed by atoms with Gasteiger partial charge in [-0.05, 0) is 47.8 Å². The summed E-state index contributed by atoms with van der Waals surface area (Å²) in [5.41, 5.74) is 4.21. The van der Waals surface area contributed by atoms with E-state index in [2.05, 4.69) is 15.6 Å². The maximum Gasteiger partial charge on any atom is 0.273 e. The van der Waals surface area contributed by atoms with E-state index in [0.717, 1.165) is 4.88 Å². The monoisotopic (exact) mass is 465 g/mol. The van der Waals surface area contributed by atoms with Crippen LogP contribution in [0.4, 0.5) is 0 Å². The molecule has 0 aliphatic heterocycles. The third-order valence-corrected chi connectivity index (χ3v) is 6.43. The van der Waals surface area contributed by atoms with Gasteiger partial charge in [-0.2, -0.15) is 0 Å². The summed E-state index contributed by atoms with van der Waals surface area (Å²) in [4.78, 5) is 25.2. The predicted octanol–water partition coefficient (Wildman–Crippen LogP) is 2.66. The van der Waals surface area contributed by atoms with Crippen LogP contribution in [-0.4, -0.2) is 25.3 Å². The molecule has 30 heavy (non-hydrogen) atoms. The van der Waals surface area contributed by atoms with Crippen molar-refractivity contribution in [1.82, 2.24) is 15.6 Å². The molecule has 0 saturated carbocycles. The lowest BCUT2D eigenvalue weighted by molar-refractivity contribution is 0.0845. The standard InChI is InChI=1S/C19H16ClN3O5S2/c20-13-6-7-17(24)16(10-13)19(26)23-22-18(25)12-3-1-5-15(9-12)30(27,28)21-11-14-4-2-8-29-14/h1-10,21,24H,11H2,(H,22,25)(H,23,26). The van der Waals surface area contributed by atoms with Gasteiger partial charge in [-0.25, -0.2) is 13.1 Å². The first kappa shape index (κ1) is 21.8. The van der Waals surface area contributed by atoms with Crippen LogP contribution in [0.25, 0.3) is 0 Å². The number of aromatic hydroxyl groups is 1. The molecule has 0 atom stereocenters. The molecule has 0 unspecified atom stereocenters. The van der Waals surface area contributed by atoms with Crippen molar-refractivity contribution in [1.29, 1.82) is 0 Å². The number of benzene rings is 2. The quantitative estimate of drug-likeness (QED) is 0.416. The highest BCUT2D eigenvalue weighted by atomic mass is 35.5. The Morgan fingerprint density at radius 3 is 2.50 bits per heavy atom. The van der Waals surface area contributed by atoms with Gasteiger partial charge in [-0.1, -0.05) is 23.7 Å². The lowest BCUT2D eigenvalue weighted by atomic mass is 10.2. The first-order chi connectivity index (χ1) is 14.3. The summed E-state index contributed by atoms with van der Waals surface area (Å²) in [7, 11) is -3.84. The average molecular weight is 466 g/mol. The molecular formula is C19H16ClN3O5S2. The molecule has 4 N–H and O–H groups in total. The molecule has 0 aliphatic rings. The van der Waals surface area contributed by atoms with Gasteiger partial charge in [-0.15, -0.1) is 11.3 Å². The molecule has 1 heterocycles. The van der Waals surface area contributed by atoms with E-state index in [4.69, 9.17) is 11.6 Å². The third kappa shape index (κ3) is 5.36. The fourth-order valence-electron chi connectivity index (χ4n) is 2.41. The van der Waals surface area contributed by atoms with Crippen LogP contribution in [0.1, 0.15) is 25.6 Å². The Morgan fingerprint density at radius 1 is 1.00 bits per heavy atom. The molecule has 1 aromatic heterocycles. The molecule has 2 amide bonds. The first-order valence-corrected chi connectivity index (χ1v) is 11.2. The smallest absolute Gasteiger partial charge is 0.273 e. The second kappa shape index (κ2) is 9.26. The number of sulfonamides is 1. The van der Waals surface area contributed by atoms with Gasteiger partial charge in [0.2, 0.25) is 10.0 Å². The SMILES string of the molecule is O=C(NNC(=O)c1cc(Cl)ccc1O)c1cccc(S(=O)(=O)NCc2cccs2)c1. The molecular weight excluding hydrogens is 450 g/mol. The summed E-state index contributed by atoms with van der Waals surface area (Å²) in [6.45, 7) is 0.135. The summed E-state index contributed by atoms with van der Waals surface area (Å²) in [5, 5.41) is 11.8. The van der Waals surface area contributed by atoms with Gasteiger partial charge in [0, 0.05) is 22.0 Å². The Bertz CT molecular complexity index is 1180. The van der Waals surface area contributed by atoms with E-state index < -0.39 is 21.8 Å². The van der Waals surface area contributed by atoms with Gasteiger partial charge in [0.1, 0.15) is 5.75 Å². The van der Waals surface area contributed by atoms with E-state index in [0.29, 0.717) is 0 Å². The number of amides is 2. The second-order valence-corrected chi connectivity index (χ2v) is 9.24. The lowest BCUT2D eigenvalue weighted by Crippen LogP contribution is -2.41. The minimum Gasteiger partial charge on any atom is -0.507 e. The summed E-state index contributed by atoms with van der Waals surface area (Å²) in [6.07, 6.45) is 0. The summed E-state index contributed by atoms with van der Waals surface area (Å²) < 4.78 is 27.4. The van der Waals surface area contributed by atoms with E-state index in [-0.39, 0.29) is 33.3 Å². The number of hydrogen-bond donors (Lipinski definition) is 4. The number of thiophene rings is 1. The Balaban J connectivity index is 1.66. The number of phenolic OH excluding ortho intramolecular Hbond substituents is 1. The largest absolute Gasteiger partial charge is 0.507 e. The van der Waals surface area contributed by atoms with Gasteiger partial charge >= 0.3 is 0 Å². The molecule has 0 fully saturated rings. The molecule has 11 heteroatoms. The number of hydrazine groups is 1. The number of rotatable bonds is 6. The highest BCUT2D eigenvalue weighted by Gasteiger charge is 2.17. The predicted molar refractivity (Wildman–Crippen MR) is 113 cm³/mol. The first-order valence-electron chi connectivity index (χ1n) is 8.47. The number of nitrogens with one attached hydrogen (secondary N) is 3. The van der Waals surface area contributed by atoms with Crippen molar-refractivity contribution in [3.05, 3.63) is 81.0 Å². The van der Waals surface area contributed by atoms with Crippen LogP contribution < -0.4 is 15.6 Å². The van der Waals surface area contributed by atoms with Gasteiger partial charge < -0.3 is 5.11 Å². The zero-order chi connectivity index (χ0) is 21.7. The Hall–Kier alpha value is -2.92. The summed E-state index contributed by atoms with van der Waals surface area (Å²) >= 11 is 7.22. The van der Waals surface area contributed by atoms with Crippen LogP contribution in [0.15, 0.2) is 64.9 Å². The molecule has 0 bridgehead atoms. The van der Waals surface area contributed by atoms with Crippen molar-refractivity contribution in [2.24, 2.45) is 0 Å². The highest BCUT2D eigenvalue weighted by molar-refractivity contribution is 7.89. The van der Waals surface area contributed by atoms with Crippen LogP contribution >= 0.6 is 22.9 Å². The van der Waals surface area contributed by atoms with Crippen molar-refractivity contribution in [2.75, 3.05) is 0 Å². The fraction of sp³-hybridized carbons (Fsp3) is 0.0526. The number of phenols is 1. The van der Waals surface area contributed by atoms with Crippen LogP contribution in [0.2, 0.25) is 5.02 Å². The van der Waals surface area contributed by atoms with Gasteiger partial charge in [-0.3, -0.25) is 20.4 Å². The molecule has 3 aromatic rings. The van der Waals surface area contributed by atoms with Gasteiger partial charge in [0.25, 0.3) is 11.8 Å². The maximum atomic E-state index is 12.5. The van der Waals surface area contributed by atoms with Gasteiger partial charge in [0.15, 0.2) is 0 Å². The Kier molecular flexibility index (Phi) is 6.73. The van der Waals surface area contributed by atoms with Crippen molar-refractivity contribution in [3.8, 4) is 5.75 Å². The topological polar surface area (TPSA) is 125 Å². The van der Waals surface area contributed by atoms with Crippen molar-refractivity contribution in [3.63, 3.8) is 0 Å². The van der Waals surface area contributed by atoms with E-state index >= 15 is 0 Å². The number of hydrogen-bond acceptors (Lipinski definition) is 6. The van der Waals surface area contributed by atoms with E-state index in [1.165, 1.54) is 53.8 Å². The minimum atomic E-state index is -3.84. The van der Waals surface area contributed by atoms with Crippen LogP contribution in [0, 0.1) is 0 Å². The van der Waals surface area contributed by atoms with Crippen LogP contribution in [0.3, 0.4) is 0 Å². The average Bonchev–Trinajstić information content (AvgIpc) is 3.26. The normalized spacial score (nSPS) is 11.1. The molecule has 2 aromatic carbocycles. The van der Waals surface area contributed by atoms with E-state index in [9.17, 15) is 23.1 Å². The second-order valence-electron chi connectivity index (χ2n) is 6.00. The van der Waals surface area contributed by atoms with Gasteiger partial charge in [0.05, 0.1) is 10.5 Å². The van der Waals surface area contributed by atoms with Crippen molar-refractivity contribution >= 4 is 44.8 Å². The Labute approximate surface area is 181 Å². The molecule has 3 rings (SSSR count). The molecule has 0 aliphatic carbocycles. The molecule has 0 spiro atoms. The zero-order valence-corrected chi connectivity index (χ0v) is 17.6. The number of carbonyl (C=O) groups excluding carboxylic acids is 2. The van der Waals surface area contributed by atoms with Crippen molar-refractivity contribution in [2.45, 2.75) is 11.4 Å². The van der Waals surface area contributed by atoms with E-state index in [1.807, 2.05) is 11.4 Å². The fourth-order valence-corrected chi connectivity index (χ4v) is 4.37. The molecule has 0 radical (unpaired) electrons. The van der Waals surface area contributed by atoms with Crippen LogP contribution in [0.5, 0.6) is 5.75 Å². The Morgan fingerprint density at radius 2 is 1.77 bits per heavy atom. The maximum absolute atomic E-state index is 12.5. The molecule has 0 saturated heterocycles. The molecule has 8 nitrogen and oxygen atoms in total.